The van der Waals surface area contributed by atoms with Crippen LogP contribution in [0.5, 0.6) is 0 Å². The van der Waals surface area contributed by atoms with Crippen LogP contribution in [0.25, 0.3) is 0 Å². The zero-order chi connectivity index (χ0) is 11.0. The monoisotopic (exact) mass is 198 g/mol. The van der Waals surface area contributed by atoms with Crippen molar-refractivity contribution in [3.05, 3.63) is 0 Å². The van der Waals surface area contributed by atoms with Crippen LogP contribution in [0.1, 0.15) is 41.5 Å². The van der Waals surface area contributed by atoms with Crippen molar-refractivity contribution >= 4 is 0 Å². The van der Waals surface area contributed by atoms with Gasteiger partial charge in [0, 0.05) is 37.3 Å². The van der Waals surface area contributed by atoms with Crippen LogP contribution in [0, 0.1) is 0 Å². The Hall–Kier alpha value is -0.0800. The quantitative estimate of drug-likeness (QED) is 0.589. The van der Waals surface area contributed by atoms with E-state index < -0.39 is 0 Å². The van der Waals surface area contributed by atoms with Gasteiger partial charge in [-0.05, 0) is 41.5 Å². The summed E-state index contributed by atoms with van der Waals surface area (Å²) in [4.78, 5) is 5.16. The van der Waals surface area contributed by atoms with Crippen LogP contribution in [0.3, 0.4) is 0 Å². The zero-order valence-electron chi connectivity index (χ0n) is 10.7. The lowest BCUT2D eigenvalue weighted by Crippen LogP contribution is -2.57. The van der Waals surface area contributed by atoms with Gasteiger partial charge in [0.25, 0.3) is 0 Å². The highest BCUT2D eigenvalue weighted by Crippen LogP contribution is 2.20. The Morgan fingerprint density at radius 1 is 0.571 bits per heavy atom. The Bertz CT molecular complexity index is 155. The molecule has 0 amide bonds. The summed E-state index contributed by atoms with van der Waals surface area (Å²) in [5.74, 6) is 0. The number of rotatable bonds is 0. The van der Waals surface area contributed by atoms with Crippen molar-refractivity contribution in [2.24, 2.45) is 0 Å². The van der Waals surface area contributed by atoms with E-state index >= 15 is 0 Å². The van der Waals surface area contributed by atoms with E-state index in [2.05, 4.69) is 51.3 Å². The van der Waals surface area contributed by atoms with E-state index in [0.717, 1.165) is 0 Å². The molecule has 14 heavy (non-hydrogen) atoms. The molecule has 2 nitrogen and oxygen atoms in total. The Morgan fingerprint density at radius 2 is 0.786 bits per heavy atom. The fourth-order valence-corrected chi connectivity index (χ4v) is 2.05. The molecule has 0 aliphatic carbocycles. The summed E-state index contributed by atoms with van der Waals surface area (Å²) >= 11 is 0. The second kappa shape index (κ2) is 3.82. The molecule has 1 fully saturated rings. The molecule has 1 heterocycles. The molecule has 0 atom stereocenters. The van der Waals surface area contributed by atoms with Crippen LogP contribution in [-0.4, -0.2) is 47.1 Å². The van der Waals surface area contributed by atoms with Gasteiger partial charge in [0.05, 0.1) is 0 Å². The normalized spacial score (nSPS) is 22.7. The minimum absolute atomic E-state index is 0.337. The first-order valence-electron chi connectivity index (χ1n) is 5.71. The van der Waals surface area contributed by atoms with Crippen LogP contribution in [0.4, 0.5) is 0 Å². The summed E-state index contributed by atoms with van der Waals surface area (Å²) in [5, 5.41) is 0. The van der Waals surface area contributed by atoms with Gasteiger partial charge in [0.1, 0.15) is 0 Å². The Labute approximate surface area is 89.3 Å². The molecule has 1 aliphatic rings. The van der Waals surface area contributed by atoms with Crippen molar-refractivity contribution in [2.75, 3.05) is 26.2 Å². The molecule has 0 radical (unpaired) electrons. The number of piperazine rings is 1. The van der Waals surface area contributed by atoms with Gasteiger partial charge in [-0.2, -0.15) is 0 Å². The summed E-state index contributed by atoms with van der Waals surface area (Å²) in [6.45, 7) is 18.7. The largest absolute Gasteiger partial charge is 0.296 e. The third kappa shape index (κ3) is 2.96. The molecule has 0 aromatic carbocycles. The second-order valence-electron chi connectivity index (χ2n) is 6.32. The SMILES string of the molecule is CC(C)(C)N1CCN(C(C)(C)C)CC1. The van der Waals surface area contributed by atoms with Crippen molar-refractivity contribution < 1.29 is 0 Å². The predicted octanol–water partition coefficient (Wildman–Crippen LogP) is 2.20. The molecule has 2 heteroatoms. The molecule has 1 saturated heterocycles. The van der Waals surface area contributed by atoms with Crippen LogP contribution < -0.4 is 0 Å². The van der Waals surface area contributed by atoms with Crippen LogP contribution in [0.15, 0.2) is 0 Å². The van der Waals surface area contributed by atoms with E-state index in [1.807, 2.05) is 0 Å². The predicted molar refractivity (Wildman–Crippen MR) is 62.7 cm³/mol. The van der Waals surface area contributed by atoms with E-state index in [0.29, 0.717) is 11.1 Å². The first-order chi connectivity index (χ1) is 6.21. The molecule has 0 bridgehead atoms. The summed E-state index contributed by atoms with van der Waals surface area (Å²) < 4.78 is 0. The van der Waals surface area contributed by atoms with E-state index in [1.165, 1.54) is 26.2 Å². The summed E-state index contributed by atoms with van der Waals surface area (Å²) in [6, 6.07) is 0. The highest BCUT2D eigenvalue weighted by Gasteiger charge is 2.30. The Kier molecular flexibility index (Phi) is 3.27. The van der Waals surface area contributed by atoms with Gasteiger partial charge in [-0.1, -0.05) is 0 Å². The van der Waals surface area contributed by atoms with Crippen molar-refractivity contribution in [2.45, 2.75) is 52.6 Å². The maximum Gasteiger partial charge on any atom is 0.0126 e. The molecule has 1 aliphatic heterocycles. The molecule has 0 spiro atoms. The molecule has 0 unspecified atom stereocenters. The van der Waals surface area contributed by atoms with E-state index in [4.69, 9.17) is 0 Å². The molecule has 0 aromatic rings. The molecule has 84 valence electrons. The maximum absolute atomic E-state index is 2.58. The highest BCUT2D eigenvalue weighted by molar-refractivity contribution is 4.86. The maximum atomic E-state index is 2.58. The molecule has 0 N–H and O–H groups in total. The third-order valence-corrected chi connectivity index (χ3v) is 3.18. The first kappa shape index (κ1) is 12.0. The smallest absolute Gasteiger partial charge is 0.0126 e. The van der Waals surface area contributed by atoms with Crippen LogP contribution >= 0.6 is 0 Å². The van der Waals surface area contributed by atoms with Crippen molar-refractivity contribution in [1.29, 1.82) is 0 Å². The van der Waals surface area contributed by atoms with Crippen molar-refractivity contribution in [3.63, 3.8) is 0 Å². The highest BCUT2D eigenvalue weighted by atomic mass is 15.3. The van der Waals surface area contributed by atoms with E-state index in [-0.39, 0.29) is 0 Å². The van der Waals surface area contributed by atoms with Crippen LogP contribution in [-0.2, 0) is 0 Å². The van der Waals surface area contributed by atoms with Crippen molar-refractivity contribution in [1.82, 2.24) is 9.80 Å². The van der Waals surface area contributed by atoms with Crippen molar-refractivity contribution in [3.8, 4) is 0 Å². The number of hydrogen-bond acceptors (Lipinski definition) is 2. The molecule has 0 aromatic heterocycles. The zero-order valence-corrected chi connectivity index (χ0v) is 10.7. The van der Waals surface area contributed by atoms with Gasteiger partial charge in [0.2, 0.25) is 0 Å². The minimum Gasteiger partial charge on any atom is -0.296 e. The van der Waals surface area contributed by atoms with Crippen LogP contribution in [0.2, 0.25) is 0 Å². The van der Waals surface area contributed by atoms with Gasteiger partial charge in [-0.25, -0.2) is 0 Å². The summed E-state index contributed by atoms with van der Waals surface area (Å²) in [6.07, 6.45) is 0. The minimum atomic E-state index is 0.337. The lowest BCUT2D eigenvalue weighted by molar-refractivity contribution is 0.0211. The molecular weight excluding hydrogens is 172 g/mol. The topological polar surface area (TPSA) is 6.48 Å². The fraction of sp³-hybridized carbons (Fsp3) is 1.00. The van der Waals surface area contributed by atoms with Gasteiger partial charge in [-0.3, -0.25) is 9.80 Å². The second-order valence-corrected chi connectivity index (χ2v) is 6.32. The summed E-state index contributed by atoms with van der Waals surface area (Å²) in [5.41, 5.74) is 0.675. The standard InChI is InChI=1S/C12H26N2/c1-11(2,3)13-7-9-14(10-8-13)12(4,5)6/h7-10H2,1-6H3. The average molecular weight is 198 g/mol. The van der Waals surface area contributed by atoms with E-state index in [1.54, 1.807) is 0 Å². The lowest BCUT2D eigenvalue weighted by Gasteiger charge is -2.46. The molecular formula is C12H26N2. The Balaban J connectivity index is 2.47. The average Bonchev–Trinajstić information content (AvgIpc) is 2.01. The van der Waals surface area contributed by atoms with Gasteiger partial charge in [0.15, 0.2) is 0 Å². The third-order valence-electron chi connectivity index (χ3n) is 3.18. The lowest BCUT2D eigenvalue weighted by atomic mass is 10.0. The fourth-order valence-electron chi connectivity index (χ4n) is 2.05. The van der Waals surface area contributed by atoms with E-state index in [9.17, 15) is 0 Å². The van der Waals surface area contributed by atoms with Gasteiger partial charge >= 0.3 is 0 Å². The van der Waals surface area contributed by atoms with Gasteiger partial charge < -0.3 is 0 Å². The first-order valence-corrected chi connectivity index (χ1v) is 5.71. The van der Waals surface area contributed by atoms with Gasteiger partial charge in [-0.15, -0.1) is 0 Å². The molecule has 0 saturated carbocycles. The number of nitrogens with zero attached hydrogens (tertiary/aromatic N) is 2. The molecule has 1 rings (SSSR count). The summed E-state index contributed by atoms with van der Waals surface area (Å²) in [7, 11) is 0. The Morgan fingerprint density at radius 3 is 0.929 bits per heavy atom. The number of hydrogen-bond donors (Lipinski definition) is 0.